The molecule has 0 spiro atoms. The Bertz CT molecular complexity index is 495. The van der Waals surface area contributed by atoms with Gasteiger partial charge in [0, 0.05) is 32.9 Å². The van der Waals surface area contributed by atoms with E-state index in [0.29, 0.717) is 0 Å². The monoisotopic (exact) mass is 260 g/mol. The average molecular weight is 260 g/mol. The first kappa shape index (κ1) is 13.7. The topological polar surface area (TPSA) is 52.0 Å². The van der Waals surface area contributed by atoms with Gasteiger partial charge >= 0.3 is 0 Å². The van der Waals surface area contributed by atoms with Crippen LogP contribution < -0.4 is 5.32 Å². The molecule has 0 amide bonds. The van der Waals surface area contributed by atoms with Gasteiger partial charge in [-0.05, 0) is 13.0 Å². The van der Waals surface area contributed by atoms with E-state index >= 15 is 0 Å². The highest BCUT2D eigenvalue weighted by Crippen LogP contribution is 2.19. The Morgan fingerprint density at radius 3 is 2.74 bits per heavy atom. The molecule has 0 radical (unpaired) electrons. The van der Waals surface area contributed by atoms with E-state index in [1.807, 2.05) is 25.2 Å². The lowest BCUT2D eigenvalue weighted by Gasteiger charge is -2.03. The number of hydrogen-bond acceptors (Lipinski definition) is 4. The molecule has 102 valence electrons. The van der Waals surface area contributed by atoms with Crippen molar-refractivity contribution in [3.8, 4) is 11.3 Å². The highest BCUT2D eigenvalue weighted by Gasteiger charge is 2.10. The highest BCUT2D eigenvalue weighted by atomic mass is 16.5. The maximum absolute atomic E-state index is 5.02. The standard InChI is InChI=1S/C14H20N4O/c1-18-16-13(11-15-9-6-10-19-2)14(17-18)12-7-4-3-5-8-12/h3-5,7-8,15H,6,9-11H2,1-2H3. The number of hydrogen-bond donors (Lipinski definition) is 1. The first-order valence-electron chi connectivity index (χ1n) is 6.46. The predicted octanol–water partition coefficient (Wildman–Crippen LogP) is 1.61. The fraction of sp³-hybridized carbons (Fsp3) is 0.429. The molecule has 1 heterocycles. The lowest BCUT2D eigenvalue weighted by Crippen LogP contribution is -2.17. The minimum atomic E-state index is 0.724. The number of benzene rings is 1. The quantitative estimate of drug-likeness (QED) is 0.768. The van der Waals surface area contributed by atoms with Gasteiger partial charge in [0.1, 0.15) is 11.4 Å². The van der Waals surface area contributed by atoms with Gasteiger partial charge in [0.25, 0.3) is 0 Å². The molecule has 5 nitrogen and oxygen atoms in total. The van der Waals surface area contributed by atoms with E-state index in [4.69, 9.17) is 4.74 Å². The Hall–Kier alpha value is -1.72. The summed E-state index contributed by atoms with van der Waals surface area (Å²) < 4.78 is 5.02. The number of rotatable bonds is 7. The van der Waals surface area contributed by atoms with Gasteiger partial charge < -0.3 is 10.1 Å². The third kappa shape index (κ3) is 3.87. The third-order valence-corrected chi connectivity index (χ3v) is 2.83. The van der Waals surface area contributed by atoms with Crippen molar-refractivity contribution < 1.29 is 4.74 Å². The van der Waals surface area contributed by atoms with Crippen molar-refractivity contribution in [2.75, 3.05) is 20.3 Å². The van der Waals surface area contributed by atoms with E-state index in [1.165, 1.54) is 0 Å². The Morgan fingerprint density at radius 2 is 2.00 bits per heavy atom. The number of methoxy groups -OCH3 is 1. The van der Waals surface area contributed by atoms with Crippen molar-refractivity contribution in [1.82, 2.24) is 20.3 Å². The zero-order valence-electron chi connectivity index (χ0n) is 11.5. The first-order chi connectivity index (χ1) is 9.31. The van der Waals surface area contributed by atoms with E-state index in [2.05, 4.69) is 27.6 Å². The van der Waals surface area contributed by atoms with Gasteiger partial charge in [-0.25, -0.2) is 0 Å². The molecule has 2 rings (SSSR count). The summed E-state index contributed by atoms with van der Waals surface area (Å²) in [5, 5.41) is 12.2. The zero-order valence-corrected chi connectivity index (χ0v) is 11.5. The maximum Gasteiger partial charge on any atom is 0.117 e. The molecule has 0 aliphatic rings. The minimum absolute atomic E-state index is 0.724. The van der Waals surface area contributed by atoms with Gasteiger partial charge in [-0.1, -0.05) is 30.3 Å². The van der Waals surface area contributed by atoms with Crippen LogP contribution in [-0.2, 0) is 18.3 Å². The van der Waals surface area contributed by atoms with Crippen molar-refractivity contribution >= 4 is 0 Å². The van der Waals surface area contributed by atoms with Crippen LogP contribution in [0.15, 0.2) is 30.3 Å². The van der Waals surface area contributed by atoms with Crippen LogP contribution in [0.1, 0.15) is 12.1 Å². The first-order valence-corrected chi connectivity index (χ1v) is 6.46. The van der Waals surface area contributed by atoms with Crippen LogP contribution >= 0.6 is 0 Å². The largest absolute Gasteiger partial charge is 0.385 e. The van der Waals surface area contributed by atoms with Crippen molar-refractivity contribution in [3.63, 3.8) is 0 Å². The molecular formula is C14H20N4O. The van der Waals surface area contributed by atoms with Crippen LogP contribution in [0.2, 0.25) is 0 Å². The zero-order chi connectivity index (χ0) is 13.5. The van der Waals surface area contributed by atoms with Crippen LogP contribution in [0, 0.1) is 0 Å². The second kappa shape index (κ2) is 7.01. The normalized spacial score (nSPS) is 10.8. The van der Waals surface area contributed by atoms with Crippen molar-refractivity contribution in [2.24, 2.45) is 7.05 Å². The van der Waals surface area contributed by atoms with E-state index in [0.717, 1.165) is 43.1 Å². The summed E-state index contributed by atoms with van der Waals surface area (Å²) in [6.45, 7) is 2.42. The van der Waals surface area contributed by atoms with Crippen LogP contribution in [0.4, 0.5) is 0 Å². The highest BCUT2D eigenvalue weighted by molar-refractivity contribution is 5.60. The van der Waals surface area contributed by atoms with E-state index < -0.39 is 0 Å². The minimum Gasteiger partial charge on any atom is -0.385 e. The predicted molar refractivity (Wildman–Crippen MR) is 74.6 cm³/mol. The summed E-state index contributed by atoms with van der Waals surface area (Å²) >= 11 is 0. The fourth-order valence-corrected chi connectivity index (χ4v) is 1.93. The lowest BCUT2D eigenvalue weighted by atomic mass is 10.1. The molecule has 1 aromatic heterocycles. The van der Waals surface area contributed by atoms with Gasteiger partial charge in [0.15, 0.2) is 0 Å². The molecule has 19 heavy (non-hydrogen) atoms. The molecule has 0 fully saturated rings. The van der Waals surface area contributed by atoms with Crippen LogP contribution in [0.5, 0.6) is 0 Å². The summed E-state index contributed by atoms with van der Waals surface area (Å²) in [6, 6.07) is 10.1. The molecule has 1 N–H and O–H groups in total. The number of ether oxygens (including phenoxy) is 1. The van der Waals surface area contributed by atoms with Gasteiger partial charge in [-0.3, -0.25) is 0 Å². The molecule has 0 saturated heterocycles. The van der Waals surface area contributed by atoms with Crippen molar-refractivity contribution in [3.05, 3.63) is 36.0 Å². The molecule has 0 saturated carbocycles. The van der Waals surface area contributed by atoms with Gasteiger partial charge in [-0.15, -0.1) is 0 Å². The van der Waals surface area contributed by atoms with Crippen LogP contribution in [0.25, 0.3) is 11.3 Å². The Balaban J connectivity index is 2.01. The molecule has 0 aliphatic heterocycles. The third-order valence-electron chi connectivity index (χ3n) is 2.83. The molecule has 5 heteroatoms. The number of aromatic nitrogens is 3. The van der Waals surface area contributed by atoms with Crippen molar-refractivity contribution in [2.45, 2.75) is 13.0 Å². The second-order valence-electron chi connectivity index (χ2n) is 4.37. The molecular weight excluding hydrogens is 240 g/mol. The molecule has 0 unspecified atom stereocenters. The molecule has 0 atom stereocenters. The fourth-order valence-electron chi connectivity index (χ4n) is 1.93. The van der Waals surface area contributed by atoms with Crippen molar-refractivity contribution in [1.29, 1.82) is 0 Å². The Morgan fingerprint density at radius 1 is 1.21 bits per heavy atom. The Labute approximate surface area is 113 Å². The van der Waals surface area contributed by atoms with E-state index in [9.17, 15) is 0 Å². The number of aryl methyl sites for hydroxylation is 1. The molecule has 1 aromatic carbocycles. The second-order valence-corrected chi connectivity index (χ2v) is 4.37. The van der Waals surface area contributed by atoms with Gasteiger partial charge in [-0.2, -0.15) is 15.0 Å². The summed E-state index contributed by atoms with van der Waals surface area (Å²) in [5.41, 5.74) is 3.03. The summed E-state index contributed by atoms with van der Waals surface area (Å²) in [5.74, 6) is 0. The van der Waals surface area contributed by atoms with E-state index in [1.54, 1.807) is 11.9 Å². The van der Waals surface area contributed by atoms with Gasteiger partial charge in [0.05, 0.1) is 0 Å². The molecule has 0 aliphatic carbocycles. The summed E-state index contributed by atoms with van der Waals surface area (Å²) in [7, 11) is 3.57. The summed E-state index contributed by atoms with van der Waals surface area (Å²) in [4.78, 5) is 1.62. The SMILES string of the molecule is COCCCNCc1nn(C)nc1-c1ccccc1. The smallest absolute Gasteiger partial charge is 0.117 e. The van der Waals surface area contributed by atoms with E-state index in [-0.39, 0.29) is 0 Å². The maximum atomic E-state index is 5.02. The van der Waals surface area contributed by atoms with Crippen LogP contribution in [-0.4, -0.2) is 35.3 Å². The van der Waals surface area contributed by atoms with Crippen LogP contribution in [0.3, 0.4) is 0 Å². The Kier molecular flexibility index (Phi) is 5.06. The lowest BCUT2D eigenvalue weighted by molar-refractivity contribution is 0.194. The average Bonchev–Trinajstić information content (AvgIpc) is 2.81. The van der Waals surface area contributed by atoms with Gasteiger partial charge in [0.2, 0.25) is 0 Å². The molecule has 2 aromatic rings. The number of nitrogens with zero attached hydrogens (tertiary/aromatic N) is 3. The number of nitrogens with one attached hydrogen (secondary N) is 1. The molecule has 0 bridgehead atoms. The summed E-state index contributed by atoms with van der Waals surface area (Å²) in [6.07, 6.45) is 0.997.